The first kappa shape index (κ1) is 28.5. The number of carbonyl (C=O) groups is 4. The third-order valence-corrected chi connectivity index (χ3v) is 10.9. The number of nitrogens with zero attached hydrogens (tertiary/aromatic N) is 4. The summed E-state index contributed by atoms with van der Waals surface area (Å²) in [5, 5.41) is 19.1. The number of carbonyl (C=O) groups excluding carboxylic acids is 4. The van der Waals surface area contributed by atoms with E-state index in [-0.39, 0.29) is 16.7 Å². The van der Waals surface area contributed by atoms with Crippen molar-refractivity contribution < 1.29 is 23.9 Å². The number of thiophene rings is 2. The number of likely N-dealkylation sites (N-methyl/N-ethyl adjacent to an activating group) is 2. The molecular weight excluding hydrogens is 585 g/mol. The van der Waals surface area contributed by atoms with Gasteiger partial charge in [-0.2, -0.15) is 10.5 Å². The highest BCUT2D eigenvalue weighted by atomic mass is 32.1. The average molecular weight is 611 g/mol. The molecule has 43 heavy (non-hydrogen) atoms. The number of imide groups is 2. The zero-order valence-corrected chi connectivity index (χ0v) is 25.6. The van der Waals surface area contributed by atoms with Gasteiger partial charge in [0.2, 0.25) is 0 Å². The van der Waals surface area contributed by atoms with Crippen LogP contribution in [0.5, 0.6) is 5.75 Å². The smallest absolute Gasteiger partial charge is 0.271 e. The molecule has 4 amide bonds. The molecule has 2 aromatic heterocycles. The first-order chi connectivity index (χ1) is 20.5. The molecule has 1 aliphatic carbocycles. The quantitative estimate of drug-likeness (QED) is 0.325. The van der Waals surface area contributed by atoms with Crippen LogP contribution in [0.25, 0.3) is 21.9 Å². The Morgan fingerprint density at radius 1 is 0.767 bits per heavy atom. The van der Waals surface area contributed by atoms with Crippen molar-refractivity contribution in [1.29, 1.82) is 10.5 Å². The van der Waals surface area contributed by atoms with Crippen molar-refractivity contribution in [2.24, 2.45) is 0 Å². The lowest BCUT2D eigenvalue weighted by Gasteiger charge is -2.40. The number of nitriles is 2. The lowest BCUT2D eigenvalue weighted by molar-refractivity contribution is -0.140. The lowest BCUT2D eigenvalue weighted by atomic mass is 9.78. The second kappa shape index (κ2) is 10.3. The van der Waals surface area contributed by atoms with E-state index in [9.17, 15) is 29.7 Å². The molecule has 11 heteroatoms. The molecule has 0 saturated heterocycles. The van der Waals surface area contributed by atoms with E-state index in [1.54, 1.807) is 26.0 Å². The molecular formula is C32H26N4O5S2. The summed E-state index contributed by atoms with van der Waals surface area (Å²) in [6.45, 7) is 3.23. The molecule has 9 nitrogen and oxygen atoms in total. The Morgan fingerprint density at radius 2 is 1.26 bits per heavy atom. The van der Waals surface area contributed by atoms with Gasteiger partial charge in [0.1, 0.15) is 34.6 Å². The monoisotopic (exact) mass is 610 g/mol. The highest BCUT2D eigenvalue weighted by Crippen LogP contribution is 2.57. The van der Waals surface area contributed by atoms with Crippen molar-refractivity contribution in [3.63, 3.8) is 0 Å². The number of rotatable bonds is 2. The van der Waals surface area contributed by atoms with Crippen LogP contribution in [0.2, 0.25) is 0 Å². The molecule has 0 unspecified atom stereocenters. The highest BCUT2D eigenvalue weighted by Gasteiger charge is 2.44. The van der Waals surface area contributed by atoms with Gasteiger partial charge in [-0.1, -0.05) is 6.42 Å². The van der Waals surface area contributed by atoms with Crippen LogP contribution in [0.4, 0.5) is 0 Å². The second-order valence-corrected chi connectivity index (χ2v) is 13.2. The van der Waals surface area contributed by atoms with Crippen LogP contribution in [0.3, 0.4) is 0 Å². The van der Waals surface area contributed by atoms with E-state index in [4.69, 9.17) is 4.74 Å². The molecule has 0 radical (unpaired) electrons. The third kappa shape index (κ3) is 4.31. The average Bonchev–Trinajstić information content (AvgIpc) is 3.61. The molecule has 1 saturated carbocycles. The van der Waals surface area contributed by atoms with E-state index >= 15 is 0 Å². The fourth-order valence-corrected chi connectivity index (χ4v) is 8.50. The number of ether oxygens (including phenoxy) is 1. The Hall–Kier alpha value is -4.58. The molecule has 6 rings (SSSR count). The van der Waals surface area contributed by atoms with Gasteiger partial charge in [-0.25, -0.2) is 0 Å². The maximum atomic E-state index is 13.1. The van der Waals surface area contributed by atoms with Crippen molar-refractivity contribution in [2.45, 2.75) is 51.6 Å². The molecule has 0 atom stereocenters. The van der Waals surface area contributed by atoms with Gasteiger partial charge in [-0.15, -0.1) is 22.7 Å². The van der Waals surface area contributed by atoms with Gasteiger partial charge in [0.25, 0.3) is 23.6 Å². The van der Waals surface area contributed by atoms with E-state index in [0.717, 1.165) is 67.0 Å². The van der Waals surface area contributed by atoms with E-state index in [2.05, 4.69) is 6.07 Å². The minimum atomic E-state index is -0.612. The molecule has 3 aliphatic heterocycles. The number of hydrogen-bond acceptors (Lipinski definition) is 9. The van der Waals surface area contributed by atoms with Crippen LogP contribution < -0.4 is 4.74 Å². The Bertz CT molecular complexity index is 1880. The summed E-state index contributed by atoms with van der Waals surface area (Å²) in [6, 6.07) is 7.83. The maximum Gasteiger partial charge on any atom is 0.271 e. The second-order valence-electron chi connectivity index (χ2n) is 11.1. The molecule has 0 N–H and O–H groups in total. The third-order valence-electron chi connectivity index (χ3n) is 8.59. The van der Waals surface area contributed by atoms with Crippen LogP contribution >= 0.6 is 22.7 Å². The summed E-state index contributed by atoms with van der Waals surface area (Å²) in [4.78, 5) is 56.4. The summed E-state index contributed by atoms with van der Waals surface area (Å²) in [5.41, 5.74) is 1.71. The van der Waals surface area contributed by atoms with Crippen LogP contribution in [-0.4, -0.2) is 47.5 Å². The van der Waals surface area contributed by atoms with Gasteiger partial charge >= 0.3 is 0 Å². The minimum absolute atomic E-state index is 0.0477. The molecule has 216 valence electrons. The predicted molar refractivity (Wildman–Crippen MR) is 161 cm³/mol. The summed E-state index contributed by atoms with van der Waals surface area (Å²) < 4.78 is 6.78. The predicted octanol–water partition coefficient (Wildman–Crippen LogP) is 5.47. The largest absolute Gasteiger partial charge is 0.481 e. The van der Waals surface area contributed by atoms with Gasteiger partial charge in [0, 0.05) is 40.6 Å². The summed E-state index contributed by atoms with van der Waals surface area (Å²) >= 11 is 2.97. The standard InChI is InChI=1S/C32H26N4O5S2/c1-16-20(28(37)35(3)30(39)22(16)14-33)10-18-12-24-26(42-18)27-25(41-32(24)8-6-5-7-9-32)13-19(43-27)11-21-17(2)23(15-34)31(40)36(4)29(21)38/h10-13H,5-9H2,1-4H3/b20-10-,21-11-. The van der Waals surface area contributed by atoms with E-state index in [1.165, 1.54) is 36.8 Å². The molecule has 5 heterocycles. The minimum Gasteiger partial charge on any atom is -0.481 e. The highest BCUT2D eigenvalue weighted by molar-refractivity contribution is 7.23. The van der Waals surface area contributed by atoms with Crippen LogP contribution in [0.1, 0.15) is 61.3 Å². The van der Waals surface area contributed by atoms with Gasteiger partial charge in [-0.3, -0.25) is 29.0 Å². The zero-order chi connectivity index (χ0) is 30.8. The van der Waals surface area contributed by atoms with Crippen molar-refractivity contribution in [3.05, 3.63) is 60.9 Å². The zero-order valence-electron chi connectivity index (χ0n) is 24.0. The number of hydrogen-bond donors (Lipinski definition) is 0. The van der Waals surface area contributed by atoms with Crippen molar-refractivity contribution >= 4 is 58.5 Å². The fourth-order valence-electron chi connectivity index (χ4n) is 6.13. The summed E-state index contributed by atoms with van der Waals surface area (Å²) in [5.74, 6) is -1.43. The molecule has 0 bridgehead atoms. The molecule has 1 fully saturated rings. The Morgan fingerprint density at radius 3 is 1.77 bits per heavy atom. The molecule has 2 aromatic rings. The van der Waals surface area contributed by atoms with Gasteiger partial charge in [0.15, 0.2) is 0 Å². The maximum absolute atomic E-state index is 13.1. The molecule has 4 aliphatic rings. The number of fused-ring (bicyclic) bond motifs is 4. The Balaban J connectivity index is 1.49. The van der Waals surface area contributed by atoms with Gasteiger partial charge in [0.05, 0.1) is 9.75 Å². The van der Waals surface area contributed by atoms with Crippen LogP contribution in [0.15, 0.2) is 45.6 Å². The molecule has 1 spiro atoms. The topological polar surface area (TPSA) is 132 Å². The van der Waals surface area contributed by atoms with Crippen molar-refractivity contribution in [2.75, 3.05) is 14.1 Å². The SMILES string of the molecule is CC1=C(C#N)C(=O)N(C)C(=O)/C1=C\c1cc2c(s1)-c1sc(/C=C3\C(=O)N(C)C(=O)C(C#N)=C3C)cc1C1(CCCCC1)O2. The van der Waals surface area contributed by atoms with Crippen molar-refractivity contribution in [3.8, 4) is 27.6 Å². The first-order valence-electron chi connectivity index (χ1n) is 13.8. The van der Waals surface area contributed by atoms with Crippen LogP contribution in [0, 0.1) is 22.7 Å². The van der Waals surface area contributed by atoms with E-state index < -0.39 is 29.2 Å². The Labute approximate surface area is 256 Å². The van der Waals surface area contributed by atoms with Crippen LogP contribution in [-0.2, 0) is 24.8 Å². The summed E-state index contributed by atoms with van der Waals surface area (Å²) in [6.07, 6.45) is 8.27. The normalized spacial score (nSPS) is 21.8. The fraction of sp³-hybridized carbons (Fsp3) is 0.312. The molecule has 0 aromatic carbocycles. The first-order valence-corrected chi connectivity index (χ1v) is 15.4. The van der Waals surface area contributed by atoms with Gasteiger partial charge < -0.3 is 4.74 Å². The van der Waals surface area contributed by atoms with Crippen molar-refractivity contribution in [1.82, 2.24) is 9.80 Å². The Kier molecular flexibility index (Phi) is 6.83. The van der Waals surface area contributed by atoms with E-state index in [0.29, 0.717) is 22.5 Å². The number of amides is 4. The van der Waals surface area contributed by atoms with Gasteiger partial charge in [-0.05, 0) is 75.0 Å². The lowest BCUT2D eigenvalue weighted by Crippen LogP contribution is -2.39. The summed E-state index contributed by atoms with van der Waals surface area (Å²) in [7, 11) is 2.74. The van der Waals surface area contributed by atoms with E-state index in [1.807, 2.05) is 18.2 Å².